The molecule has 0 bridgehead atoms. The van der Waals surface area contributed by atoms with Crippen LogP contribution in [0.3, 0.4) is 0 Å². The summed E-state index contributed by atoms with van der Waals surface area (Å²) in [4.78, 5) is 25.0. The van der Waals surface area contributed by atoms with Gasteiger partial charge >= 0.3 is 0 Å². The van der Waals surface area contributed by atoms with Gasteiger partial charge in [-0.05, 0) is 49.7 Å². The number of para-hydroxylation sites is 1. The molecule has 0 fully saturated rings. The first-order valence-electron chi connectivity index (χ1n) is 8.99. The number of hydrogen-bond acceptors (Lipinski definition) is 3. The van der Waals surface area contributed by atoms with Crippen LogP contribution in [-0.4, -0.2) is 21.9 Å². The summed E-state index contributed by atoms with van der Waals surface area (Å²) < 4.78 is 21.6. The van der Waals surface area contributed by atoms with Crippen LogP contribution in [0.1, 0.15) is 18.5 Å². The molecule has 0 aliphatic rings. The molecule has 0 aliphatic heterocycles. The van der Waals surface area contributed by atoms with E-state index in [0.29, 0.717) is 24.5 Å². The normalized spacial score (nSPS) is 10.7. The Hall–Kier alpha value is -3.35. The quantitative estimate of drug-likeness (QED) is 0.636. The van der Waals surface area contributed by atoms with Gasteiger partial charge in [0.05, 0.1) is 18.0 Å². The maximum absolute atomic E-state index is 12.9. The summed E-state index contributed by atoms with van der Waals surface area (Å²) in [7, 11) is 1.77. The third-order valence-corrected chi connectivity index (χ3v) is 4.45. The van der Waals surface area contributed by atoms with Gasteiger partial charge in [0, 0.05) is 13.5 Å². The number of nitrogens with zero attached hydrogens (tertiary/aromatic N) is 2. The smallest absolute Gasteiger partial charge is 0.295 e. The van der Waals surface area contributed by atoms with Crippen LogP contribution in [0.4, 0.5) is 10.1 Å². The molecule has 0 saturated carbocycles. The topological polar surface area (TPSA) is 65.3 Å². The highest BCUT2D eigenvalue weighted by Crippen LogP contribution is 2.15. The molecule has 0 aliphatic carbocycles. The zero-order valence-electron chi connectivity index (χ0n) is 15.8. The lowest BCUT2D eigenvalue weighted by Gasteiger charge is -2.07. The van der Waals surface area contributed by atoms with E-state index >= 15 is 0 Å². The second-order valence-corrected chi connectivity index (χ2v) is 6.39. The average molecular weight is 383 g/mol. The van der Waals surface area contributed by atoms with E-state index in [4.69, 9.17) is 4.74 Å². The molecule has 146 valence electrons. The number of nitrogens with one attached hydrogen (secondary N) is 1. The highest BCUT2D eigenvalue weighted by atomic mass is 19.1. The standard InChI is InChI=1S/C21H22FN3O3/c1-15-20(21(27)25(24(15)2)17-7-4-3-5-8-17)23-19(26)9-6-14-28-18-12-10-16(22)11-13-18/h3-5,7-8,10-13H,6,9,14H2,1-2H3,(H,23,26). The molecular formula is C21H22FN3O3. The molecule has 0 saturated heterocycles. The van der Waals surface area contributed by atoms with Crippen molar-refractivity contribution in [2.24, 2.45) is 7.05 Å². The van der Waals surface area contributed by atoms with Crippen molar-refractivity contribution in [1.82, 2.24) is 9.36 Å². The molecule has 28 heavy (non-hydrogen) atoms. The van der Waals surface area contributed by atoms with Crippen molar-refractivity contribution < 1.29 is 13.9 Å². The van der Waals surface area contributed by atoms with Gasteiger partial charge < -0.3 is 10.1 Å². The van der Waals surface area contributed by atoms with Crippen LogP contribution < -0.4 is 15.6 Å². The second-order valence-electron chi connectivity index (χ2n) is 6.39. The van der Waals surface area contributed by atoms with Gasteiger partial charge in [-0.2, -0.15) is 0 Å². The predicted molar refractivity (Wildman–Crippen MR) is 106 cm³/mol. The van der Waals surface area contributed by atoms with Crippen LogP contribution in [-0.2, 0) is 11.8 Å². The van der Waals surface area contributed by atoms with Crippen LogP contribution in [0.25, 0.3) is 5.69 Å². The van der Waals surface area contributed by atoms with Crippen molar-refractivity contribution in [2.75, 3.05) is 11.9 Å². The summed E-state index contributed by atoms with van der Waals surface area (Å²) in [5, 5.41) is 2.72. The minimum atomic E-state index is -0.328. The van der Waals surface area contributed by atoms with E-state index in [1.807, 2.05) is 30.3 Å². The Morgan fingerprint density at radius 1 is 1.11 bits per heavy atom. The molecule has 0 spiro atoms. The molecule has 0 atom stereocenters. The summed E-state index contributed by atoms with van der Waals surface area (Å²) in [5.41, 5.74) is 1.40. The van der Waals surface area contributed by atoms with Crippen molar-refractivity contribution in [2.45, 2.75) is 19.8 Å². The van der Waals surface area contributed by atoms with Crippen molar-refractivity contribution in [3.63, 3.8) is 0 Å². The van der Waals surface area contributed by atoms with Crippen LogP contribution >= 0.6 is 0 Å². The fourth-order valence-electron chi connectivity index (χ4n) is 2.87. The fourth-order valence-corrected chi connectivity index (χ4v) is 2.87. The predicted octanol–water partition coefficient (Wildman–Crippen LogP) is 3.42. The Kier molecular flexibility index (Phi) is 5.93. The summed E-state index contributed by atoms with van der Waals surface area (Å²) in [6.45, 7) is 2.11. The molecule has 0 radical (unpaired) electrons. The van der Waals surface area contributed by atoms with Crippen LogP contribution in [0.2, 0.25) is 0 Å². The van der Waals surface area contributed by atoms with Crippen molar-refractivity contribution >= 4 is 11.6 Å². The summed E-state index contributed by atoms with van der Waals surface area (Å²) in [6, 6.07) is 15.0. The van der Waals surface area contributed by atoms with Gasteiger partial charge in [0.1, 0.15) is 17.3 Å². The van der Waals surface area contributed by atoms with E-state index in [1.54, 1.807) is 18.7 Å². The Morgan fingerprint density at radius 2 is 1.79 bits per heavy atom. The Morgan fingerprint density at radius 3 is 2.46 bits per heavy atom. The monoisotopic (exact) mass is 383 g/mol. The maximum Gasteiger partial charge on any atom is 0.295 e. The lowest BCUT2D eigenvalue weighted by atomic mass is 10.3. The average Bonchev–Trinajstić information content (AvgIpc) is 2.90. The molecule has 2 aromatic carbocycles. The van der Waals surface area contributed by atoms with Crippen molar-refractivity contribution in [1.29, 1.82) is 0 Å². The zero-order valence-corrected chi connectivity index (χ0v) is 15.8. The first-order valence-corrected chi connectivity index (χ1v) is 8.99. The van der Waals surface area contributed by atoms with E-state index in [0.717, 1.165) is 5.69 Å². The third-order valence-electron chi connectivity index (χ3n) is 4.45. The fraction of sp³-hybridized carbons (Fsp3) is 0.238. The number of amides is 1. The van der Waals surface area contributed by atoms with Gasteiger partial charge in [-0.3, -0.25) is 14.3 Å². The van der Waals surface area contributed by atoms with Gasteiger partial charge in [0.2, 0.25) is 5.91 Å². The number of rotatable bonds is 7. The molecule has 6 nitrogen and oxygen atoms in total. The molecule has 1 heterocycles. The zero-order chi connectivity index (χ0) is 20.1. The van der Waals surface area contributed by atoms with Crippen molar-refractivity contribution in [3.8, 4) is 11.4 Å². The van der Waals surface area contributed by atoms with E-state index < -0.39 is 0 Å². The van der Waals surface area contributed by atoms with E-state index in [1.165, 1.54) is 28.9 Å². The van der Waals surface area contributed by atoms with Gasteiger partial charge in [-0.15, -0.1) is 0 Å². The molecule has 7 heteroatoms. The number of aromatic nitrogens is 2. The number of ether oxygens (including phenoxy) is 1. The maximum atomic E-state index is 12.9. The second kappa shape index (κ2) is 8.56. The Balaban J connectivity index is 1.60. The number of anilines is 1. The van der Waals surface area contributed by atoms with Crippen LogP contribution in [0.15, 0.2) is 59.4 Å². The number of carbonyl (C=O) groups excluding carboxylic acids is 1. The minimum Gasteiger partial charge on any atom is -0.494 e. The van der Waals surface area contributed by atoms with Crippen molar-refractivity contribution in [3.05, 3.63) is 76.5 Å². The van der Waals surface area contributed by atoms with Gasteiger partial charge in [-0.1, -0.05) is 18.2 Å². The molecular weight excluding hydrogens is 361 g/mol. The summed E-state index contributed by atoms with van der Waals surface area (Å²) >= 11 is 0. The first-order chi connectivity index (χ1) is 13.5. The molecule has 0 unspecified atom stereocenters. The van der Waals surface area contributed by atoms with Gasteiger partial charge in [-0.25, -0.2) is 9.07 Å². The number of halogens is 1. The third kappa shape index (κ3) is 4.31. The number of hydrogen-bond donors (Lipinski definition) is 1. The van der Waals surface area contributed by atoms with Gasteiger partial charge in [0.15, 0.2) is 0 Å². The molecule has 1 aromatic heterocycles. The Labute approximate surface area is 162 Å². The highest BCUT2D eigenvalue weighted by Gasteiger charge is 2.17. The van der Waals surface area contributed by atoms with Gasteiger partial charge in [0.25, 0.3) is 5.56 Å². The van der Waals surface area contributed by atoms with Crippen LogP contribution in [0, 0.1) is 12.7 Å². The lowest BCUT2D eigenvalue weighted by Crippen LogP contribution is -2.23. The van der Waals surface area contributed by atoms with E-state index in [2.05, 4.69) is 5.32 Å². The molecule has 1 amide bonds. The molecule has 3 rings (SSSR count). The largest absolute Gasteiger partial charge is 0.494 e. The SMILES string of the molecule is Cc1c(NC(=O)CCCOc2ccc(F)cc2)c(=O)n(-c2ccccc2)n1C. The van der Waals surface area contributed by atoms with Crippen LogP contribution in [0.5, 0.6) is 5.75 Å². The number of carbonyl (C=O) groups is 1. The summed E-state index contributed by atoms with van der Waals surface area (Å²) in [5.74, 6) is -0.0358. The van der Waals surface area contributed by atoms with E-state index in [-0.39, 0.29) is 29.4 Å². The molecule has 3 aromatic rings. The summed E-state index contributed by atoms with van der Waals surface area (Å²) in [6.07, 6.45) is 0.683. The number of benzene rings is 2. The lowest BCUT2D eigenvalue weighted by molar-refractivity contribution is -0.116. The van der Waals surface area contributed by atoms with E-state index in [9.17, 15) is 14.0 Å². The highest BCUT2D eigenvalue weighted by molar-refractivity contribution is 5.91. The first kappa shape index (κ1) is 19.4. The Bertz CT molecular complexity index is 1010. The minimum absolute atomic E-state index is 0.209. The molecule has 1 N–H and O–H groups in total.